The fraction of sp³-hybridized carbons (Fsp3) is 0.632. The molecule has 1 aromatic heterocycles. The Kier molecular flexibility index (Phi) is 11.4. The third kappa shape index (κ3) is 7.91. The second kappa shape index (κ2) is 12.9. The van der Waals surface area contributed by atoms with E-state index >= 15 is 0 Å². The van der Waals surface area contributed by atoms with E-state index in [0.29, 0.717) is 11.7 Å². The third-order valence-electron chi connectivity index (χ3n) is 5.37. The van der Waals surface area contributed by atoms with Gasteiger partial charge in [0.25, 0.3) is 5.91 Å². The second-order valence-electron chi connectivity index (χ2n) is 7.36. The summed E-state index contributed by atoms with van der Waals surface area (Å²) in [5.74, 6) is 1.12. The van der Waals surface area contributed by atoms with Crippen molar-refractivity contribution < 1.29 is 10.0 Å². The largest absolute Gasteiger partial charge is 0.365 e. The second-order valence-corrected chi connectivity index (χ2v) is 7.36. The molecule has 2 heterocycles. The Balaban J connectivity index is 0.00000196. The number of aromatic nitrogens is 2. The molecule has 2 aliphatic rings. The molecule has 1 aromatic rings. The van der Waals surface area contributed by atoms with Gasteiger partial charge in [-0.3, -0.25) is 15.0 Å². The van der Waals surface area contributed by atoms with E-state index in [1.54, 1.807) is 17.9 Å². The van der Waals surface area contributed by atoms with E-state index in [0.717, 1.165) is 24.7 Å². The zero-order chi connectivity index (χ0) is 18.2. The fourth-order valence-electron chi connectivity index (χ4n) is 3.95. The summed E-state index contributed by atoms with van der Waals surface area (Å²) < 4.78 is 0. The van der Waals surface area contributed by atoms with Crippen LogP contribution in [0.2, 0.25) is 0 Å². The van der Waals surface area contributed by atoms with Crippen LogP contribution >= 0.6 is 24.8 Å². The number of anilines is 1. The summed E-state index contributed by atoms with van der Waals surface area (Å²) in [7, 11) is 0. The van der Waals surface area contributed by atoms with E-state index in [2.05, 4.69) is 20.2 Å². The lowest BCUT2D eigenvalue weighted by molar-refractivity contribution is -0.124. The monoisotopic (exact) mass is 431 g/mol. The number of carbonyl (C=O) groups is 1. The van der Waals surface area contributed by atoms with Crippen LogP contribution in [0.1, 0.15) is 50.6 Å². The van der Waals surface area contributed by atoms with Crippen LogP contribution in [0.25, 0.3) is 6.08 Å². The van der Waals surface area contributed by atoms with Crippen LogP contribution in [0.15, 0.2) is 18.5 Å². The number of hydroxylamine groups is 1. The Morgan fingerprint density at radius 1 is 1.18 bits per heavy atom. The van der Waals surface area contributed by atoms with E-state index in [1.165, 1.54) is 63.8 Å². The zero-order valence-electron chi connectivity index (χ0n) is 16.0. The summed E-state index contributed by atoms with van der Waals surface area (Å²) in [6.07, 6.45) is 15.4. The number of amides is 1. The molecule has 1 saturated heterocycles. The lowest BCUT2D eigenvalue weighted by Crippen LogP contribution is -2.42. The topological polar surface area (TPSA) is 90.4 Å². The summed E-state index contributed by atoms with van der Waals surface area (Å²) in [5, 5.41) is 11.9. The van der Waals surface area contributed by atoms with Crippen molar-refractivity contribution in [3.8, 4) is 0 Å². The van der Waals surface area contributed by atoms with Crippen molar-refractivity contribution in [3.63, 3.8) is 0 Å². The molecule has 1 aliphatic carbocycles. The molecule has 1 aliphatic heterocycles. The van der Waals surface area contributed by atoms with Gasteiger partial charge in [0.15, 0.2) is 0 Å². The molecule has 1 saturated carbocycles. The van der Waals surface area contributed by atoms with Gasteiger partial charge in [0.05, 0.1) is 18.1 Å². The van der Waals surface area contributed by atoms with Crippen LogP contribution in [0.3, 0.4) is 0 Å². The highest BCUT2D eigenvalue weighted by molar-refractivity contribution is 5.90. The summed E-state index contributed by atoms with van der Waals surface area (Å²) in [6.45, 7) is 3.48. The number of nitrogens with zero attached hydrogens (tertiary/aromatic N) is 3. The van der Waals surface area contributed by atoms with E-state index < -0.39 is 5.91 Å². The van der Waals surface area contributed by atoms with Gasteiger partial charge < -0.3 is 10.2 Å². The predicted molar refractivity (Wildman–Crippen MR) is 115 cm³/mol. The van der Waals surface area contributed by atoms with Crippen LogP contribution in [0.4, 0.5) is 5.82 Å². The van der Waals surface area contributed by atoms with Gasteiger partial charge in [-0.1, -0.05) is 25.7 Å². The molecule has 3 N–H and O–H groups in total. The highest BCUT2D eigenvalue weighted by Gasteiger charge is 2.22. The van der Waals surface area contributed by atoms with Gasteiger partial charge in [-0.15, -0.1) is 24.8 Å². The lowest BCUT2D eigenvalue weighted by atomic mass is 10.0. The van der Waals surface area contributed by atoms with Gasteiger partial charge >= 0.3 is 0 Å². The summed E-state index contributed by atoms with van der Waals surface area (Å²) in [6, 6.07) is 0.406. The van der Waals surface area contributed by atoms with Gasteiger partial charge in [0.2, 0.25) is 0 Å². The Bertz CT molecular complexity index is 609. The van der Waals surface area contributed by atoms with E-state index in [4.69, 9.17) is 5.21 Å². The molecule has 9 heteroatoms. The molecular weight excluding hydrogens is 401 g/mol. The molecule has 28 heavy (non-hydrogen) atoms. The first-order valence-corrected chi connectivity index (χ1v) is 9.66. The number of halogens is 2. The van der Waals surface area contributed by atoms with Crippen LogP contribution in [-0.2, 0) is 4.79 Å². The van der Waals surface area contributed by atoms with Crippen molar-refractivity contribution in [2.24, 2.45) is 5.92 Å². The summed E-state index contributed by atoms with van der Waals surface area (Å²) in [4.78, 5) is 22.2. The molecule has 0 radical (unpaired) electrons. The maximum Gasteiger partial charge on any atom is 0.267 e. The van der Waals surface area contributed by atoms with Gasteiger partial charge in [0.1, 0.15) is 5.82 Å². The molecule has 2 fully saturated rings. The molecule has 0 aromatic carbocycles. The first-order chi connectivity index (χ1) is 12.7. The molecule has 3 rings (SSSR count). The minimum atomic E-state index is -0.589. The Hall–Kier alpha value is -1.41. The van der Waals surface area contributed by atoms with Gasteiger partial charge in [-0.05, 0) is 44.3 Å². The highest BCUT2D eigenvalue weighted by atomic mass is 35.5. The standard InChI is InChI=1S/C19H29N5O2.2ClH/c25-19(23-26)8-7-16-12-21-18(13-20-16)22-17-6-3-10-24(14-17)11-9-15-4-1-2-5-15;;/h7-8,12-13,15,17,26H,1-6,9-11,14H2,(H,21,22)(H,23,25);2*1H/t17-;;/m1../s1. The van der Waals surface area contributed by atoms with Crippen LogP contribution in [0.5, 0.6) is 0 Å². The normalized spacial score (nSPS) is 20.4. The van der Waals surface area contributed by atoms with Gasteiger partial charge in [0, 0.05) is 18.7 Å². The molecular formula is C19H31Cl2N5O2. The predicted octanol–water partition coefficient (Wildman–Crippen LogP) is 3.30. The van der Waals surface area contributed by atoms with Crippen molar-refractivity contribution >= 4 is 42.6 Å². The van der Waals surface area contributed by atoms with Crippen LogP contribution < -0.4 is 10.8 Å². The van der Waals surface area contributed by atoms with Crippen LogP contribution in [0, 0.1) is 5.92 Å². The quantitative estimate of drug-likeness (QED) is 0.348. The molecule has 7 nitrogen and oxygen atoms in total. The number of hydrogen-bond donors (Lipinski definition) is 3. The first kappa shape index (κ1) is 24.6. The van der Waals surface area contributed by atoms with Crippen molar-refractivity contribution in [1.82, 2.24) is 20.3 Å². The third-order valence-corrected chi connectivity index (χ3v) is 5.37. The Labute approximate surface area is 179 Å². The number of rotatable bonds is 7. The molecule has 0 unspecified atom stereocenters. The number of hydrogen-bond acceptors (Lipinski definition) is 6. The van der Waals surface area contributed by atoms with Crippen molar-refractivity contribution in [2.75, 3.05) is 25.0 Å². The molecule has 0 bridgehead atoms. The smallest absolute Gasteiger partial charge is 0.267 e. The van der Waals surface area contributed by atoms with E-state index in [9.17, 15) is 4.79 Å². The first-order valence-electron chi connectivity index (χ1n) is 9.66. The van der Waals surface area contributed by atoms with E-state index in [-0.39, 0.29) is 24.8 Å². The number of carbonyl (C=O) groups excluding carboxylic acids is 1. The van der Waals surface area contributed by atoms with Crippen molar-refractivity contribution in [3.05, 3.63) is 24.2 Å². The maximum absolute atomic E-state index is 11.0. The van der Waals surface area contributed by atoms with Crippen LogP contribution in [-0.4, -0.2) is 51.7 Å². The van der Waals surface area contributed by atoms with Gasteiger partial charge in [-0.25, -0.2) is 10.5 Å². The zero-order valence-corrected chi connectivity index (χ0v) is 17.7. The minimum Gasteiger partial charge on any atom is -0.365 e. The average molecular weight is 432 g/mol. The fourth-order valence-corrected chi connectivity index (χ4v) is 3.95. The highest BCUT2D eigenvalue weighted by Crippen LogP contribution is 2.28. The van der Waals surface area contributed by atoms with Crippen molar-refractivity contribution in [2.45, 2.75) is 51.0 Å². The summed E-state index contributed by atoms with van der Waals surface area (Å²) >= 11 is 0. The molecule has 0 spiro atoms. The Morgan fingerprint density at radius 2 is 1.96 bits per heavy atom. The SMILES string of the molecule is Cl.Cl.O=C(C=Cc1cnc(N[C@@H]2CCCN(CCC3CCCC3)C2)cn1)NO. The summed E-state index contributed by atoms with van der Waals surface area (Å²) in [5.41, 5.74) is 2.11. The number of piperidine rings is 1. The molecule has 158 valence electrons. The molecule has 1 atom stereocenters. The lowest BCUT2D eigenvalue weighted by Gasteiger charge is -2.33. The average Bonchev–Trinajstić information content (AvgIpc) is 3.19. The number of likely N-dealkylation sites (tertiary alicyclic amines) is 1. The van der Waals surface area contributed by atoms with Gasteiger partial charge in [-0.2, -0.15) is 0 Å². The minimum absolute atomic E-state index is 0. The molecule has 1 amide bonds. The Morgan fingerprint density at radius 3 is 2.64 bits per heavy atom. The number of nitrogens with one attached hydrogen (secondary N) is 2. The maximum atomic E-state index is 11.0. The van der Waals surface area contributed by atoms with Crippen molar-refractivity contribution in [1.29, 1.82) is 0 Å². The van der Waals surface area contributed by atoms with E-state index in [1.807, 2.05) is 0 Å².